The topological polar surface area (TPSA) is 49.9 Å². The van der Waals surface area contributed by atoms with Crippen molar-refractivity contribution < 1.29 is 14.3 Å². The standard InChI is InChI=1S/C14H18N2O3S/c17-13(11-3-1-9-19-11)15-5-7-16(8-6-15)14(18)12-4-2-10-20-12/h2,4,10-11H,1,3,5-9H2/t11-/m0/s1. The molecule has 0 N–H and O–H groups in total. The maximum absolute atomic E-state index is 12.2. The van der Waals surface area contributed by atoms with Gasteiger partial charge in [-0.2, -0.15) is 0 Å². The van der Waals surface area contributed by atoms with Gasteiger partial charge in [-0.25, -0.2) is 0 Å². The lowest BCUT2D eigenvalue weighted by Gasteiger charge is -2.35. The number of piperazine rings is 1. The minimum atomic E-state index is -0.255. The monoisotopic (exact) mass is 294 g/mol. The summed E-state index contributed by atoms with van der Waals surface area (Å²) in [5.74, 6) is 0.162. The summed E-state index contributed by atoms with van der Waals surface area (Å²) >= 11 is 1.46. The van der Waals surface area contributed by atoms with E-state index in [2.05, 4.69) is 0 Å². The Morgan fingerprint density at radius 3 is 2.55 bits per heavy atom. The molecule has 3 rings (SSSR count). The van der Waals surface area contributed by atoms with Gasteiger partial charge in [-0.05, 0) is 24.3 Å². The first-order valence-electron chi connectivity index (χ1n) is 6.99. The van der Waals surface area contributed by atoms with Gasteiger partial charge in [0.25, 0.3) is 11.8 Å². The molecular weight excluding hydrogens is 276 g/mol. The number of carbonyl (C=O) groups is 2. The Balaban J connectivity index is 1.54. The molecule has 2 aliphatic rings. The molecule has 5 nitrogen and oxygen atoms in total. The molecule has 108 valence electrons. The van der Waals surface area contributed by atoms with Crippen LogP contribution in [0, 0.1) is 0 Å². The van der Waals surface area contributed by atoms with Crippen molar-refractivity contribution in [1.82, 2.24) is 9.80 Å². The number of carbonyl (C=O) groups excluding carboxylic acids is 2. The van der Waals surface area contributed by atoms with E-state index in [1.807, 2.05) is 27.3 Å². The molecule has 6 heteroatoms. The highest BCUT2D eigenvalue weighted by atomic mass is 32.1. The third kappa shape index (κ3) is 2.71. The molecule has 0 unspecified atom stereocenters. The number of ether oxygens (including phenoxy) is 1. The average molecular weight is 294 g/mol. The zero-order valence-corrected chi connectivity index (χ0v) is 12.1. The van der Waals surface area contributed by atoms with Crippen LogP contribution < -0.4 is 0 Å². The van der Waals surface area contributed by atoms with Gasteiger partial charge in [0.1, 0.15) is 6.10 Å². The van der Waals surface area contributed by atoms with Crippen LogP contribution in [0.25, 0.3) is 0 Å². The molecule has 0 bridgehead atoms. The van der Waals surface area contributed by atoms with E-state index in [0.717, 1.165) is 17.7 Å². The highest BCUT2D eigenvalue weighted by molar-refractivity contribution is 7.12. The summed E-state index contributed by atoms with van der Waals surface area (Å²) in [4.78, 5) is 28.8. The number of rotatable bonds is 2. The maximum atomic E-state index is 12.2. The van der Waals surface area contributed by atoms with Crippen LogP contribution in [-0.2, 0) is 9.53 Å². The lowest BCUT2D eigenvalue weighted by Crippen LogP contribution is -2.52. The summed E-state index contributed by atoms with van der Waals surface area (Å²) in [6.45, 7) is 3.11. The summed E-state index contributed by atoms with van der Waals surface area (Å²) in [6.07, 6.45) is 1.54. The van der Waals surface area contributed by atoms with Crippen molar-refractivity contribution in [3.8, 4) is 0 Å². The first-order chi connectivity index (χ1) is 9.75. The van der Waals surface area contributed by atoms with Crippen molar-refractivity contribution in [2.75, 3.05) is 32.8 Å². The van der Waals surface area contributed by atoms with Gasteiger partial charge >= 0.3 is 0 Å². The van der Waals surface area contributed by atoms with Crippen LogP contribution in [0.3, 0.4) is 0 Å². The average Bonchev–Trinajstić information content (AvgIpc) is 3.18. The first kappa shape index (κ1) is 13.6. The van der Waals surface area contributed by atoms with Crippen LogP contribution in [0.4, 0.5) is 0 Å². The smallest absolute Gasteiger partial charge is 0.264 e. The second kappa shape index (κ2) is 5.93. The Morgan fingerprint density at radius 1 is 1.20 bits per heavy atom. The molecule has 0 saturated carbocycles. The summed E-state index contributed by atoms with van der Waals surface area (Å²) in [5.41, 5.74) is 0. The van der Waals surface area contributed by atoms with Gasteiger partial charge in [-0.15, -0.1) is 11.3 Å². The molecule has 1 atom stereocenters. The van der Waals surface area contributed by atoms with Crippen LogP contribution in [0.1, 0.15) is 22.5 Å². The normalized spacial score (nSPS) is 23.1. The molecule has 1 aromatic heterocycles. The molecular formula is C14H18N2O3S. The summed E-state index contributed by atoms with van der Waals surface area (Å²) in [5, 5.41) is 1.91. The van der Waals surface area contributed by atoms with E-state index in [1.54, 1.807) is 0 Å². The van der Waals surface area contributed by atoms with E-state index in [0.29, 0.717) is 32.8 Å². The molecule has 2 saturated heterocycles. The Morgan fingerprint density at radius 2 is 1.95 bits per heavy atom. The third-order valence-corrected chi connectivity index (χ3v) is 4.67. The fourth-order valence-corrected chi connectivity index (χ4v) is 3.35. The number of hydrogen-bond acceptors (Lipinski definition) is 4. The highest BCUT2D eigenvalue weighted by Crippen LogP contribution is 2.17. The van der Waals surface area contributed by atoms with Crippen molar-refractivity contribution in [2.45, 2.75) is 18.9 Å². The van der Waals surface area contributed by atoms with Crippen molar-refractivity contribution in [1.29, 1.82) is 0 Å². The second-order valence-corrected chi connectivity index (χ2v) is 6.04. The number of nitrogens with zero attached hydrogens (tertiary/aromatic N) is 2. The SMILES string of the molecule is O=C(c1cccs1)N1CCN(C(=O)[C@@H]2CCCO2)CC1. The molecule has 20 heavy (non-hydrogen) atoms. The van der Waals surface area contributed by atoms with E-state index in [1.165, 1.54) is 11.3 Å². The van der Waals surface area contributed by atoms with E-state index in [9.17, 15) is 9.59 Å². The predicted molar refractivity (Wildman–Crippen MR) is 75.8 cm³/mol. The fourth-order valence-electron chi connectivity index (χ4n) is 2.66. The van der Waals surface area contributed by atoms with Crippen molar-refractivity contribution in [2.24, 2.45) is 0 Å². The Hall–Kier alpha value is -1.40. The largest absolute Gasteiger partial charge is 0.368 e. The van der Waals surface area contributed by atoms with Gasteiger partial charge in [0, 0.05) is 32.8 Å². The second-order valence-electron chi connectivity index (χ2n) is 5.10. The molecule has 0 aromatic carbocycles. The zero-order valence-electron chi connectivity index (χ0n) is 11.3. The lowest BCUT2D eigenvalue weighted by molar-refractivity contribution is -0.142. The van der Waals surface area contributed by atoms with Crippen LogP contribution in [0.15, 0.2) is 17.5 Å². The van der Waals surface area contributed by atoms with Gasteiger partial charge in [-0.1, -0.05) is 6.07 Å². The summed E-state index contributed by atoms with van der Waals surface area (Å²) in [6, 6.07) is 3.73. The van der Waals surface area contributed by atoms with Crippen LogP contribution in [-0.4, -0.2) is 60.5 Å². The number of thiophene rings is 1. The Kier molecular flexibility index (Phi) is 4.03. The molecule has 0 spiro atoms. The summed E-state index contributed by atoms with van der Waals surface area (Å²) in [7, 11) is 0. The molecule has 2 amide bonds. The van der Waals surface area contributed by atoms with E-state index >= 15 is 0 Å². The van der Waals surface area contributed by atoms with Crippen molar-refractivity contribution in [3.63, 3.8) is 0 Å². The Bertz CT molecular complexity index is 475. The van der Waals surface area contributed by atoms with Gasteiger partial charge in [0.05, 0.1) is 4.88 Å². The fraction of sp³-hybridized carbons (Fsp3) is 0.571. The summed E-state index contributed by atoms with van der Waals surface area (Å²) < 4.78 is 5.43. The third-order valence-electron chi connectivity index (χ3n) is 3.82. The Labute approximate surface area is 122 Å². The van der Waals surface area contributed by atoms with Crippen LogP contribution in [0.2, 0.25) is 0 Å². The molecule has 2 aliphatic heterocycles. The molecule has 0 radical (unpaired) electrons. The van der Waals surface area contributed by atoms with Crippen molar-refractivity contribution >= 4 is 23.2 Å². The van der Waals surface area contributed by atoms with Gasteiger partial charge in [0.15, 0.2) is 0 Å². The number of hydrogen-bond donors (Lipinski definition) is 0. The van der Waals surface area contributed by atoms with E-state index < -0.39 is 0 Å². The molecule has 2 fully saturated rings. The minimum Gasteiger partial charge on any atom is -0.368 e. The molecule has 0 aliphatic carbocycles. The minimum absolute atomic E-state index is 0.0733. The van der Waals surface area contributed by atoms with Gasteiger partial charge < -0.3 is 14.5 Å². The lowest BCUT2D eigenvalue weighted by atomic mass is 10.2. The maximum Gasteiger partial charge on any atom is 0.264 e. The van der Waals surface area contributed by atoms with E-state index in [4.69, 9.17) is 4.74 Å². The number of amides is 2. The predicted octanol–water partition coefficient (Wildman–Crippen LogP) is 1.21. The highest BCUT2D eigenvalue weighted by Gasteiger charge is 2.31. The van der Waals surface area contributed by atoms with Crippen molar-refractivity contribution in [3.05, 3.63) is 22.4 Å². The van der Waals surface area contributed by atoms with E-state index in [-0.39, 0.29) is 17.9 Å². The van der Waals surface area contributed by atoms with Crippen LogP contribution >= 0.6 is 11.3 Å². The van der Waals surface area contributed by atoms with Gasteiger partial charge in [0.2, 0.25) is 0 Å². The first-order valence-corrected chi connectivity index (χ1v) is 7.87. The zero-order chi connectivity index (χ0) is 13.9. The van der Waals surface area contributed by atoms with Crippen LogP contribution in [0.5, 0.6) is 0 Å². The quantitative estimate of drug-likeness (QED) is 0.824. The molecule has 1 aromatic rings. The van der Waals surface area contributed by atoms with Gasteiger partial charge in [-0.3, -0.25) is 9.59 Å². The molecule has 3 heterocycles.